The maximum atomic E-state index is 13.1. The minimum atomic E-state index is -0.627. The Hall–Kier alpha value is -1.90. The molecule has 0 radical (unpaired) electrons. The molecule has 1 aliphatic rings. The van der Waals surface area contributed by atoms with Gasteiger partial charge in [0, 0.05) is 12.6 Å². The molecule has 2 aromatic rings. The minimum absolute atomic E-state index is 0. The van der Waals surface area contributed by atoms with Crippen LogP contribution < -0.4 is 16.6 Å². The Morgan fingerprint density at radius 3 is 2.52 bits per heavy atom. The quantitative estimate of drug-likeness (QED) is 0.695. The number of rotatable bonds is 4. The summed E-state index contributed by atoms with van der Waals surface area (Å²) in [6, 6.07) is 1.81. The second-order valence-electron chi connectivity index (χ2n) is 6.44. The van der Waals surface area contributed by atoms with Crippen molar-refractivity contribution in [2.45, 2.75) is 39.2 Å². The largest absolute Gasteiger partial charge is 0.334 e. The predicted molar refractivity (Wildman–Crippen MR) is 109 cm³/mol. The number of aryl methyl sites for hydroxylation is 1. The van der Waals surface area contributed by atoms with E-state index in [1.165, 1.54) is 0 Å². The third-order valence-corrected chi connectivity index (χ3v) is 4.60. The van der Waals surface area contributed by atoms with Crippen molar-refractivity contribution >= 4 is 41.8 Å². The van der Waals surface area contributed by atoms with E-state index in [1.54, 1.807) is 13.0 Å². The summed E-state index contributed by atoms with van der Waals surface area (Å²) in [7, 11) is 0. The molecular weight excluding hydrogens is 393 g/mol. The van der Waals surface area contributed by atoms with E-state index in [0.29, 0.717) is 17.5 Å². The Bertz CT molecular complexity index is 906. The molecule has 0 aromatic carbocycles. The fourth-order valence-corrected chi connectivity index (χ4v) is 3.42. The summed E-state index contributed by atoms with van der Waals surface area (Å²) >= 11 is 0. The van der Waals surface area contributed by atoms with Gasteiger partial charge in [-0.15, -0.1) is 24.8 Å². The lowest BCUT2D eigenvalue weighted by atomic mass is 10.0. The number of pyridine rings is 1. The minimum Gasteiger partial charge on any atom is -0.334 e. The van der Waals surface area contributed by atoms with Crippen LogP contribution in [0.15, 0.2) is 15.7 Å². The number of fused-ring (bicyclic) bond motifs is 1. The van der Waals surface area contributed by atoms with E-state index in [4.69, 9.17) is 0 Å². The number of carbonyl (C=O) groups excluding carboxylic acids is 1. The molecule has 0 saturated carbocycles. The topological polar surface area (TPSA) is 111 Å². The third-order valence-electron chi connectivity index (χ3n) is 4.60. The number of carbonyl (C=O) groups is 1. The van der Waals surface area contributed by atoms with Crippen LogP contribution in [0.25, 0.3) is 11.0 Å². The van der Waals surface area contributed by atoms with Gasteiger partial charge >= 0.3 is 5.69 Å². The second-order valence-corrected chi connectivity index (χ2v) is 6.44. The molecule has 150 valence electrons. The van der Waals surface area contributed by atoms with Crippen LogP contribution in [0.1, 0.15) is 42.2 Å². The number of aromatic amines is 2. The van der Waals surface area contributed by atoms with Crippen molar-refractivity contribution in [2.24, 2.45) is 0 Å². The number of hydrogen-bond donors (Lipinski definition) is 3. The Labute approximate surface area is 169 Å². The van der Waals surface area contributed by atoms with Crippen LogP contribution in [0, 0.1) is 6.92 Å². The second kappa shape index (κ2) is 9.87. The Balaban J connectivity index is 0.00000182. The fraction of sp³-hybridized carbons (Fsp3) is 0.529. The molecule has 2 aromatic heterocycles. The highest BCUT2D eigenvalue weighted by molar-refractivity contribution is 5.95. The zero-order valence-electron chi connectivity index (χ0n) is 15.3. The molecule has 10 heteroatoms. The summed E-state index contributed by atoms with van der Waals surface area (Å²) < 4.78 is 0. The van der Waals surface area contributed by atoms with E-state index in [-0.39, 0.29) is 48.1 Å². The van der Waals surface area contributed by atoms with E-state index in [0.717, 1.165) is 32.4 Å². The first kappa shape index (κ1) is 23.1. The molecule has 0 spiro atoms. The molecule has 0 unspecified atom stereocenters. The summed E-state index contributed by atoms with van der Waals surface area (Å²) in [6.45, 7) is 6.23. The zero-order chi connectivity index (χ0) is 18.0. The molecule has 0 atom stereocenters. The van der Waals surface area contributed by atoms with Crippen LogP contribution in [0.4, 0.5) is 0 Å². The lowest BCUT2D eigenvalue weighted by Gasteiger charge is -2.34. The molecule has 1 fully saturated rings. The van der Waals surface area contributed by atoms with E-state index in [2.05, 4.69) is 20.3 Å². The highest BCUT2D eigenvalue weighted by Gasteiger charge is 2.27. The molecule has 3 rings (SSSR count). The van der Waals surface area contributed by atoms with E-state index in [9.17, 15) is 14.4 Å². The van der Waals surface area contributed by atoms with Crippen LogP contribution in [0.2, 0.25) is 0 Å². The smallest absolute Gasteiger partial charge is 0.327 e. The average Bonchev–Trinajstić information content (AvgIpc) is 2.58. The summed E-state index contributed by atoms with van der Waals surface area (Å²) in [5.74, 6) is -0.153. The van der Waals surface area contributed by atoms with E-state index >= 15 is 0 Å². The van der Waals surface area contributed by atoms with Crippen molar-refractivity contribution in [1.82, 2.24) is 25.2 Å². The number of hydrogen-bond acceptors (Lipinski definition) is 5. The highest BCUT2D eigenvalue weighted by Crippen LogP contribution is 2.18. The first-order valence-corrected chi connectivity index (χ1v) is 8.67. The third kappa shape index (κ3) is 4.88. The van der Waals surface area contributed by atoms with Gasteiger partial charge in [0.25, 0.3) is 11.5 Å². The number of halogens is 2. The Morgan fingerprint density at radius 2 is 1.89 bits per heavy atom. The van der Waals surface area contributed by atoms with Gasteiger partial charge in [0.15, 0.2) is 0 Å². The van der Waals surface area contributed by atoms with Crippen LogP contribution in [0.5, 0.6) is 0 Å². The van der Waals surface area contributed by atoms with Gasteiger partial charge in [0.1, 0.15) is 11.3 Å². The average molecular weight is 418 g/mol. The van der Waals surface area contributed by atoms with Crippen LogP contribution in [-0.2, 0) is 0 Å². The number of nitrogens with zero attached hydrogens (tertiary/aromatic N) is 2. The normalized spacial score (nSPS) is 14.3. The lowest BCUT2D eigenvalue weighted by molar-refractivity contribution is 0.0637. The van der Waals surface area contributed by atoms with Gasteiger partial charge in [-0.3, -0.25) is 19.6 Å². The number of aromatic nitrogens is 3. The van der Waals surface area contributed by atoms with Crippen molar-refractivity contribution in [3.8, 4) is 0 Å². The van der Waals surface area contributed by atoms with Crippen molar-refractivity contribution in [3.63, 3.8) is 0 Å². The number of nitrogens with one attached hydrogen (secondary N) is 3. The molecule has 3 N–H and O–H groups in total. The van der Waals surface area contributed by atoms with Crippen LogP contribution in [-0.4, -0.2) is 51.4 Å². The number of H-pyrrole nitrogens is 2. The van der Waals surface area contributed by atoms with Gasteiger partial charge in [-0.25, -0.2) is 9.78 Å². The summed E-state index contributed by atoms with van der Waals surface area (Å²) in [4.78, 5) is 47.4. The van der Waals surface area contributed by atoms with E-state index in [1.807, 2.05) is 11.8 Å². The molecule has 1 amide bonds. The summed E-state index contributed by atoms with van der Waals surface area (Å²) in [5.41, 5.74) is -0.0889. The monoisotopic (exact) mass is 417 g/mol. The number of piperidine rings is 1. The maximum absolute atomic E-state index is 13.1. The zero-order valence-corrected chi connectivity index (χ0v) is 17.0. The molecule has 1 aliphatic heterocycles. The van der Waals surface area contributed by atoms with Crippen LogP contribution in [0.3, 0.4) is 0 Å². The SMILES string of the molecule is CCCN(C(=O)c1cc(C)c2c(=O)[nH]c(=O)[nH]c2n1)C1CCNCC1.Cl.Cl. The van der Waals surface area contributed by atoms with Crippen molar-refractivity contribution in [3.05, 3.63) is 38.2 Å². The fourth-order valence-electron chi connectivity index (χ4n) is 3.42. The van der Waals surface area contributed by atoms with Gasteiger partial charge in [-0.1, -0.05) is 6.92 Å². The van der Waals surface area contributed by atoms with Crippen molar-refractivity contribution in [2.75, 3.05) is 19.6 Å². The Morgan fingerprint density at radius 1 is 1.22 bits per heavy atom. The molecule has 0 bridgehead atoms. The van der Waals surface area contributed by atoms with Gasteiger partial charge in [0.2, 0.25) is 0 Å². The molecular formula is C17H25Cl2N5O3. The molecule has 27 heavy (non-hydrogen) atoms. The lowest BCUT2D eigenvalue weighted by Crippen LogP contribution is -2.46. The number of amides is 1. The molecule has 1 saturated heterocycles. The Kier molecular flexibility index (Phi) is 8.46. The highest BCUT2D eigenvalue weighted by atomic mass is 35.5. The van der Waals surface area contributed by atoms with Crippen molar-refractivity contribution in [1.29, 1.82) is 0 Å². The van der Waals surface area contributed by atoms with Gasteiger partial charge in [-0.2, -0.15) is 0 Å². The summed E-state index contributed by atoms with van der Waals surface area (Å²) in [5, 5.41) is 3.61. The molecule has 0 aliphatic carbocycles. The van der Waals surface area contributed by atoms with Crippen LogP contribution >= 0.6 is 24.8 Å². The maximum Gasteiger partial charge on any atom is 0.327 e. The molecule has 8 nitrogen and oxygen atoms in total. The van der Waals surface area contributed by atoms with E-state index < -0.39 is 11.2 Å². The van der Waals surface area contributed by atoms with Gasteiger partial charge in [-0.05, 0) is 50.9 Å². The first-order valence-electron chi connectivity index (χ1n) is 8.67. The molecule has 3 heterocycles. The summed E-state index contributed by atoms with van der Waals surface area (Å²) in [6.07, 6.45) is 2.68. The standard InChI is InChI=1S/C17H23N5O3.2ClH/c1-3-8-22(11-4-6-18-7-5-11)16(24)12-9-10(2)13-14(19-12)20-17(25)21-15(13)23;;/h9,11,18H,3-8H2,1-2H3,(H2,19,20,21,23,25);2*1H. The van der Waals surface area contributed by atoms with Gasteiger partial charge < -0.3 is 10.2 Å². The first-order chi connectivity index (χ1) is 12.0. The van der Waals surface area contributed by atoms with Crippen molar-refractivity contribution < 1.29 is 4.79 Å². The van der Waals surface area contributed by atoms with Gasteiger partial charge in [0.05, 0.1) is 5.39 Å². The predicted octanol–water partition coefficient (Wildman–Crippen LogP) is 1.37.